The lowest BCUT2D eigenvalue weighted by molar-refractivity contribution is -0.141. The number of rotatable bonds is 12. The topological polar surface area (TPSA) is 202 Å². The molecule has 0 saturated heterocycles. The van der Waals surface area contributed by atoms with E-state index in [0.717, 1.165) is 0 Å². The molecule has 30 heavy (non-hydrogen) atoms. The van der Waals surface area contributed by atoms with Crippen LogP contribution in [0.3, 0.4) is 0 Å². The van der Waals surface area contributed by atoms with Crippen LogP contribution < -0.4 is 21.3 Å². The lowest BCUT2D eigenvalue weighted by Gasteiger charge is -2.19. The second-order valence-corrected chi connectivity index (χ2v) is 5.95. The summed E-state index contributed by atoms with van der Waals surface area (Å²) in [6, 6.07) is -1.95. The minimum absolute atomic E-state index is 0.104. The van der Waals surface area contributed by atoms with Gasteiger partial charge in [-0.25, -0.2) is 9.59 Å². The third-order valence-corrected chi connectivity index (χ3v) is 3.29. The van der Waals surface area contributed by atoms with Crippen LogP contribution in [0.1, 0.15) is 19.7 Å². The van der Waals surface area contributed by atoms with Gasteiger partial charge in [-0.2, -0.15) is 0 Å². The van der Waals surface area contributed by atoms with Gasteiger partial charge in [0.2, 0.25) is 11.8 Å². The molecule has 0 aliphatic heterocycles. The van der Waals surface area contributed by atoms with Crippen LogP contribution in [-0.2, 0) is 25.6 Å². The maximum Gasteiger partial charge on any atom is 0.328 e. The molecule has 14 heteroatoms. The Bertz CT molecular complexity index is 641. The molecular weight excluding hydrogens is 404 g/mol. The first kappa shape index (κ1) is 27.0. The summed E-state index contributed by atoms with van der Waals surface area (Å²) in [5.41, 5.74) is 4.47. The number of primary amides is 1. The number of nitrogens with zero attached hydrogens (tertiary/aromatic N) is 3. The Kier molecular flexibility index (Phi) is 13.5. The molecular formula is C16H30N6O8. The summed E-state index contributed by atoms with van der Waals surface area (Å²) in [5, 5.41) is 30.5. The molecule has 1 aromatic rings. The highest BCUT2D eigenvalue weighted by Crippen LogP contribution is 2.11. The SMILES string of the molecule is CC(N)=O.COCCN(CCOC)c1nnc(CNC(=O)NC(C(=O)O)C(C)O)o1. The zero-order chi connectivity index (χ0) is 23.1. The second kappa shape index (κ2) is 14.9. The number of nitrogens with two attached hydrogens (primary N) is 1. The fraction of sp³-hybridized carbons (Fsp3) is 0.688. The number of amides is 3. The second-order valence-electron chi connectivity index (χ2n) is 5.95. The molecule has 0 fully saturated rings. The van der Waals surface area contributed by atoms with Crippen molar-refractivity contribution in [2.45, 2.75) is 32.5 Å². The van der Waals surface area contributed by atoms with Crippen LogP contribution in [0.4, 0.5) is 10.8 Å². The molecule has 1 rings (SSSR count). The molecule has 3 amide bonds. The molecule has 2 unspecified atom stereocenters. The monoisotopic (exact) mass is 434 g/mol. The first-order valence-electron chi connectivity index (χ1n) is 8.88. The average Bonchev–Trinajstić information content (AvgIpc) is 3.12. The number of aliphatic hydroxyl groups is 1. The number of carboxylic acids is 1. The number of methoxy groups -OCH3 is 2. The van der Waals surface area contributed by atoms with Crippen LogP contribution in [-0.4, -0.2) is 91.0 Å². The molecule has 1 heterocycles. The Balaban J connectivity index is 0.00000192. The summed E-state index contributed by atoms with van der Waals surface area (Å²) in [7, 11) is 3.15. The molecule has 0 radical (unpaired) electrons. The number of anilines is 1. The van der Waals surface area contributed by atoms with E-state index >= 15 is 0 Å². The first-order valence-corrected chi connectivity index (χ1v) is 8.88. The van der Waals surface area contributed by atoms with Crippen molar-refractivity contribution < 1.29 is 38.5 Å². The number of carbonyl (C=O) groups is 3. The van der Waals surface area contributed by atoms with Crippen LogP contribution in [0.15, 0.2) is 4.42 Å². The summed E-state index contributed by atoms with van der Waals surface area (Å²) in [6.07, 6.45) is -1.25. The highest BCUT2D eigenvalue weighted by Gasteiger charge is 2.25. The number of hydrogen-bond donors (Lipinski definition) is 5. The molecule has 0 spiro atoms. The predicted octanol–water partition coefficient (Wildman–Crippen LogP) is -1.71. The van der Waals surface area contributed by atoms with E-state index in [9.17, 15) is 19.5 Å². The lowest BCUT2D eigenvalue weighted by atomic mass is 10.2. The van der Waals surface area contributed by atoms with E-state index in [-0.39, 0.29) is 24.4 Å². The molecule has 2 atom stereocenters. The van der Waals surface area contributed by atoms with Gasteiger partial charge in [0.25, 0.3) is 0 Å². The Morgan fingerprint density at radius 3 is 2.17 bits per heavy atom. The predicted molar refractivity (Wildman–Crippen MR) is 104 cm³/mol. The Morgan fingerprint density at radius 1 is 1.20 bits per heavy atom. The van der Waals surface area contributed by atoms with Crippen molar-refractivity contribution in [1.82, 2.24) is 20.8 Å². The fourth-order valence-electron chi connectivity index (χ4n) is 1.89. The van der Waals surface area contributed by atoms with Crippen molar-refractivity contribution in [3.63, 3.8) is 0 Å². The highest BCUT2D eigenvalue weighted by atomic mass is 16.5. The Hall–Kier alpha value is -2.97. The number of hydrogen-bond acceptors (Lipinski definition) is 10. The van der Waals surface area contributed by atoms with Crippen LogP contribution >= 0.6 is 0 Å². The van der Waals surface area contributed by atoms with E-state index in [2.05, 4.69) is 26.6 Å². The van der Waals surface area contributed by atoms with Gasteiger partial charge in [0.1, 0.15) is 0 Å². The number of ether oxygens (including phenoxy) is 2. The van der Waals surface area contributed by atoms with Gasteiger partial charge in [-0.1, -0.05) is 5.10 Å². The van der Waals surface area contributed by atoms with Gasteiger partial charge in [0.05, 0.1) is 25.9 Å². The maximum absolute atomic E-state index is 11.7. The summed E-state index contributed by atoms with van der Waals surface area (Å²) < 4.78 is 15.5. The molecule has 0 aliphatic rings. The van der Waals surface area contributed by atoms with Gasteiger partial charge >= 0.3 is 18.0 Å². The smallest absolute Gasteiger partial charge is 0.328 e. The molecule has 172 valence electrons. The molecule has 0 saturated carbocycles. The van der Waals surface area contributed by atoms with Gasteiger partial charge in [0, 0.05) is 34.2 Å². The molecule has 0 aliphatic carbocycles. The summed E-state index contributed by atoms with van der Waals surface area (Å²) >= 11 is 0. The highest BCUT2D eigenvalue weighted by molar-refractivity contribution is 5.82. The normalized spacial score (nSPS) is 12.2. The van der Waals surface area contributed by atoms with Crippen molar-refractivity contribution >= 4 is 23.9 Å². The van der Waals surface area contributed by atoms with Crippen molar-refractivity contribution in [3.05, 3.63) is 5.89 Å². The Labute approximate surface area is 173 Å². The van der Waals surface area contributed by atoms with Crippen LogP contribution in [0.25, 0.3) is 0 Å². The van der Waals surface area contributed by atoms with E-state index in [4.69, 9.17) is 19.0 Å². The van der Waals surface area contributed by atoms with E-state index in [1.807, 2.05) is 0 Å². The van der Waals surface area contributed by atoms with Crippen molar-refractivity contribution in [3.8, 4) is 0 Å². The number of aliphatic hydroxyl groups excluding tert-OH is 1. The number of nitrogens with one attached hydrogen (secondary N) is 2. The van der Waals surface area contributed by atoms with Crippen molar-refractivity contribution in [2.75, 3.05) is 45.4 Å². The number of urea groups is 1. The summed E-state index contributed by atoms with van der Waals surface area (Å²) in [5.74, 6) is -1.54. The lowest BCUT2D eigenvalue weighted by Crippen LogP contribution is -2.51. The minimum Gasteiger partial charge on any atom is -0.480 e. The van der Waals surface area contributed by atoms with Crippen molar-refractivity contribution in [1.29, 1.82) is 0 Å². The summed E-state index contributed by atoms with van der Waals surface area (Å²) in [4.78, 5) is 33.7. The van der Waals surface area contributed by atoms with Gasteiger partial charge in [-0.3, -0.25) is 4.79 Å². The first-order chi connectivity index (χ1) is 14.1. The molecule has 0 aromatic carbocycles. The third kappa shape index (κ3) is 11.8. The number of aromatic nitrogens is 2. The van der Waals surface area contributed by atoms with Crippen molar-refractivity contribution in [2.24, 2.45) is 5.73 Å². The number of carboxylic acid groups (broad SMARTS) is 1. The zero-order valence-corrected chi connectivity index (χ0v) is 17.5. The number of aliphatic carboxylic acids is 1. The molecule has 0 bridgehead atoms. The molecule has 6 N–H and O–H groups in total. The van der Waals surface area contributed by atoms with E-state index in [1.165, 1.54) is 13.8 Å². The standard InChI is InChI=1S/C14H25N5O7.C2H5NO/c1-9(20)11(12(21)22)16-13(23)15-8-10-17-18-14(26-10)19(4-6-24-2)5-7-25-3;1-2(3)4/h9,11,20H,4-8H2,1-3H3,(H,21,22)(H2,15,16,23);1H3,(H2,3,4). The Morgan fingerprint density at radius 2 is 1.73 bits per heavy atom. The minimum atomic E-state index is -1.42. The third-order valence-electron chi connectivity index (χ3n) is 3.29. The summed E-state index contributed by atoms with van der Waals surface area (Å²) in [6.45, 7) is 4.41. The molecule has 14 nitrogen and oxygen atoms in total. The van der Waals surface area contributed by atoms with Gasteiger partial charge in [0.15, 0.2) is 6.04 Å². The fourth-order valence-corrected chi connectivity index (χ4v) is 1.89. The average molecular weight is 434 g/mol. The van der Waals surface area contributed by atoms with Gasteiger partial charge in [-0.05, 0) is 6.92 Å². The largest absolute Gasteiger partial charge is 0.480 e. The van der Waals surface area contributed by atoms with E-state index in [0.29, 0.717) is 26.3 Å². The van der Waals surface area contributed by atoms with Crippen LogP contribution in [0.2, 0.25) is 0 Å². The zero-order valence-electron chi connectivity index (χ0n) is 17.5. The van der Waals surface area contributed by atoms with Crippen LogP contribution in [0.5, 0.6) is 0 Å². The quantitative estimate of drug-likeness (QED) is 0.251. The van der Waals surface area contributed by atoms with E-state index < -0.39 is 24.1 Å². The van der Waals surface area contributed by atoms with Gasteiger partial charge < -0.3 is 45.4 Å². The number of carbonyl (C=O) groups excluding carboxylic acids is 2. The van der Waals surface area contributed by atoms with E-state index in [1.54, 1.807) is 19.1 Å². The molecule has 1 aromatic heterocycles. The van der Waals surface area contributed by atoms with Crippen LogP contribution in [0, 0.1) is 0 Å². The van der Waals surface area contributed by atoms with Gasteiger partial charge in [-0.15, -0.1) is 5.10 Å². The maximum atomic E-state index is 11.7.